The van der Waals surface area contributed by atoms with Gasteiger partial charge in [0.15, 0.2) is 0 Å². The van der Waals surface area contributed by atoms with Gasteiger partial charge < -0.3 is 5.32 Å². The largest absolute Gasteiger partial charge is 0.316 e. The highest BCUT2D eigenvalue weighted by molar-refractivity contribution is 6.05. The monoisotopic (exact) mass is 204 g/mol. The maximum absolute atomic E-state index is 11.4. The number of hydrogen-bond donors (Lipinski definition) is 1. The van der Waals surface area contributed by atoms with Crippen LogP contribution in [0.3, 0.4) is 0 Å². The van der Waals surface area contributed by atoms with E-state index >= 15 is 0 Å². The molecule has 2 aliphatic heterocycles. The predicted octanol–water partition coefficient (Wildman–Crippen LogP) is -0.368. The molecule has 0 saturated carbocycles. The first kappa shape index (κ1) is 10.5. The molecule has 0 spiro atoms. The van der Waals surface area contributed by atoms with Crippen LogP contribution < -0.4 is 5.32 Å². The van der Waals surface area contributed by atoms with Gasteiger partial charge in [0.1, 0.15) is 0 Å². The van der Waals surface area contributed by atoms with Gasteiger partial charge in [0.2, 0.25) is 11.8 Å². The molecule has 1 N–H and O–H groups in total. The Labute approximate surface area is 83.1 Å². The van der Waals surface area contributed by atoms with Crippen molar-refractivity contribution in [3.05, 3.63) is 0 Å². The Kier molecular flexibility index (Phi) is 2.93. The number of nitrogens with one attached hydrogen (secondary N) is 1. The Bertz CT molecular complexity index is 220. The SMILES string of the molecule is CN1C(=O)C2CCNCC2C1=O.Cl. The predicted molar refractivity (Wildman–Crippen MR) is 49.5 cm³/mol. The summed E-state index contributed by atoms with van der Waals surface area (Å²) < 4.78 is 0. The standard InChI is InChI=1S/C8H12N2O2.ClH/c1-10-7(11)5-2-3-9-4-6(5)8(10)12;/h5-6,9H,2-4H2,1H3;1H. The number of carbonyl (C=O) groups excluding carboxylic acids is 2. The lowest BCUT2D eigenvalue weighted by atomic mass is 9.89. The summed E-state index contributed by atoms with van der Waals surface area (Å²) in [4.78, 5) is 24.1. The van der Waals surface area contributed by atoms with Crippen molar-refractivity contribution >= 4 is 24.2 Å². The molecule has 2 heterocycles. The number of piperidine rings is 1. The van der Waals surface area contributed by atoms with Crippen LogP contribution in [0.1, 0.15) is 6.42 Å². The van der Waals surface area contributed by atoms with Gasteiger partial charge in [-0.25, -0.2) is 0 Å². The highest BCUT2D eigenvalue weighted by atomic mass is 35.5. The first-order valence-electron chi connectivity index (χ1n) is 4.24. The normalized spacial score (nSPS) is 32.8. The van der Waals surface area contributed by atoms with Crippen molar-refractivity contribution in [2.24, 2.45) is 11.8 Å². The molecule has 0 bridgehead atoms. The molecule has 2 fully saturated rings. The van der Waals surface area contributed by atoms with Gasteiger partial charge in [-0.05, 0) is 13.0 Å². The summed E-state index contributed by atoms with van der Waals surface area (Å²) in [6.07, 6.45) is 0.805. The van der Waals surface area contributed by atoms with Crippen molar-refractivity contribution < 1.29 is 9.59 Å². The number of hydrogen-bond acceptors (Lipinski definition) is 3. The maximum Gasteiger partial charge on any atom is 0.234 e. The Balaban J connectivity index is 0.000000845. The summed E-state index contributed by atoms with van der Waals surface area (Å²) in [6.45, 7) is 1.52. The van der Waals surface area contributed by atoms with Gasteiger partial charge in [0.25, 0.3) is 0 Å². The van der Waals surface area contributed by atoms with Gasteiger partial charge in [-0.2, -0.15) is 0 Å². The molecule has 0 aromatic carbocycles. The van der Waals surface area contributed by atoms with E-state index in [4.69, 9.17) is 0 Å². The molecule has 2 amide bonds. The Morgan fingerprint density at radius 2 is 1.92 bits per heavy atom. The van der Waals surface area contributed by atoms with Crippen molar-refractivity contribution in [2.75, 3.05) is 20.1 Å². The molecular formula is C8H13ClN2O2. The topological polar surface area (TPSA) is 49.4 Å². The molecule has 0 radical (unpaired) electrons. The van der Waals surface area contributed by atoms with Crippen molar-refractivity contribution in [3.63, 3.8) is 0 Å². The van der Waals surface area contributed by atoms with Gasteiger partial charge >= 0.3 is 0 Å². The van der Waals surface area contributed by atoms with Gasteiger partial charge in [-0.1, -0.05) is 0 Å². The Hall–Kier alpha value is -0.610. The molecule has 4 nitrogen and oxygen atoms in total. The number of carbonyl (C=O) groups is 2. The quantitative estimate of drug-likeness (QED) is 0.548. The average Bonchev–Trinajstić information content (AvgIpc) is 2.33. The third kappa shape index (κ3) is 1.44. The van der Waals surface area contributed by atoms with E-state index in [-0.39, 0.29) is 36.1 Å². The van der Waals surface area contributed by atoms with Crippen molar-refractivity contribution in [3.8, 4) is 0 Å². The minimum atomic E-state index is -0.0868. The molecule has 13 heavy (non-hydrogen) atoms. The summed E-state index contributed by atoms with van der Waals surface area (Å²) in [5.74, 6) is -0.135. The van der Waals surface area contributed by atoms with Crippen LogP contribution in [0.15, 0.2) is 0 Å². The van der Waals surface area contributed by atoms with Crippen LogP contribution in [0, 0.1) is 11.8 Å². The fourth-order valence-corrected chi connectivity index (χ4v) is 2.02. The Morgan fingerprint density at radius 1 is 1.31 bits per heavy atom. The van der Waals surface area contributed by atoms with E-state index in [1.54, 1.807) is 7.05 Å². The number of likely N-dealkylation sites (tertiary alicyclic amines) is 1. The van der Waals surface area contributed by atoms with Crippen molar-refractivity contribution in [2.45, 2.75) is 6.42 Å². The van der Waals surface area contributed by atoms with E-state index in [9.17, 15) is 9.59 Å². The van der Waals surface area contributed by atoms with Gasteiger partial charge in [-0.3, -0.25) is 14.5 Å². The first-order chi connectivity index (χ1) is 5.72. The minimum Gasteiger partial charge on any atom is -0.316 e. The van der Waals surface area contributed by atoms with Crippen LogP contribution in [0.2, 0.25) is 0 Å². The summed E-state index contributed by atoms with van der Waals surface area (Å²) in [6, 6.07) is 0. The lowest BCUT2D eigenvalue weighted by molar-refractivity contribution is -0.138. The van der Waals surface area contributed by atoms with Crippen LogP contribution >= 0.6 is 12.4 Å². The second-order valence-corrected chi connectivity index (χ2v) is 3.44. The van der Waals surface area contributed by atoms with Crippen molar-refractivity contribution in [1.82, 2.24) is 10.2 Å². The summed E-state index contributed by atoms with van der Waals surface area (Å²) in [5, 5.41) is 3.13. The van der Waals surface area contributed by atoms with E-state index < -0.39 is 0 Å². The summed E-state index contributed by atoms with van der Waals surface area (Å²) in [5.41, 5.74) is 0. The first-order valence-corrected chi connectivity index (χ1v) is 4.24. The van der Waals surface area contributed by atoms with E-state index in [2.05, 4.69) is 5.32 Å². The number of amides is 2. The molecule has 0 aromatic rings. The smallest absolute Gasteiger partial charge is 0.234 e. The molecular weight excluding hydrogens is 192 g/mol. The fourth-order valence-electron chi connectivity index (χ4n) is 2.02. The number of nitrogens with zero attached hydrogens (tertiary/aromatic N) is 1. The highest BCUT2D eigenvalue weighted by Gasteiger charge is 2.46. The average molecular weight is 205 g/mol. The van der Waals surface area contributed by atoms with E-state index in [1.165, 1.54) is 4.90 Å². The second kappa shape index (κ2) is 3.64. The second-order valence-electron chi connectivity index (χ2n) is 3.44. The third-order valence-electron chi connectivity index (χ3n) is 2.78. The fraction of sp³-hybridized carbons (Fsp3) is 0.750. The maximum atomic E-state index is 11.4. The van der Waals surface area contributed by atoms with Gasteiger partial charge in [0, 0.05) is 13.6 Å². The number of halogens is 1. The lowest BCUT2D eigenvalue weighted by Crippen LogP contribution is -2.38. The third-order valence-corrected chi connectivity index (χ3v) is 2.78. The van der Waals surface area contributed by atoms with Gasteiger partial charge in [-0.15, -0.1) is 12.4 Å². The molecule has 0 aromatic heterocycles. The zero-order valence-electron chi connectivity index (χ0n) is 7.45. The van der Waals surface area contributed by atoms with E-state index in [1.807, 2.05) is 0 Å². The summed E-state index contributed by atoms with van der Waals surface area (Å²) >= 11 is 0. The van der Waals surface area contributed by atoms with Crippen LogP contribution in [0.5, 0.6) is 0 Å². The number of imide groups is 1. The molecule has 5 heteroatoms. The minimum absolute atomic E-state index is 0. The van der Waals surface area contributed by atoms with E-state index in [0.29, 0.717) is 6.54 Å². The zero-order valence-corrected chi connectivity index (χ0v) is 8.26. The highest BCUT2D eigenvalue weighted by Crippen LogP contribution is 2.29. The molecule has 2 rings (SSSR count). The summed E-state index contributed by atoms with van der Waals surface area (Å²) in [7, 11) is 1.57. The molecule has 2 unspecified atom stereocenters. The van der Waals surface area contributed by atoms with Crippen LogP contribution in [0.25, 0.3) is 0 Å². The van der Waals surface area contributed by atoms with Crippen LogP contribution in [-0.2, 0) is 9.59 Å². The van der Waals surface area contributed by atoms with Crippen LogP contribution in [-0.4, -0.2) is 36.9 Å². The zero-order chi connectivity index (χ0) is 8.72. The number of rotatable bonds is 0. The lowest BCUT2D eigenvalue weighted by Gasteiger charge is -2.21. The van der Waals surface area contributed by atoms with E-state index in [0.717, 1.165) is 13.0 Å². The van der Waals surface area contributed by atoms with Gasteiger partial charge in [0.05, 0.1) is 11.8 Å². The molecule has 2 atom stereocenters. The van der Waals surface area contributed by atoms with Crippen LogP contribution in [0.4, 0.5) is 0 Å². The number of fused-ring (bicyclic) bond motifs is 1. The molecule has 2 aliphatic rings. The molecule has 0 aliphatic carbocycles. The Morgan fingerprint density at radius 3 is 2.54 bits per heavy atom. The molecule has 2 saturated heterocycles. The van der Waals surface area contributed by atoms with Crippen molar-refractivity contribution in [1.29, 1.82) is 0 Å². The molecule has 74 valence electrons.